The lowest BCUT2D eigenvalue weighted by Crippen LogP contribution is -2.46. The Bertz CT molecular complexity index is 1300. The number of nitrogens with zero attached hydrogens (tertiary/aromatic N) is 1. The molecule has 1 saturated heterocycles. The first-order chi connectivity index (χ1) is 19.9. The zero-order chi connectivity index (χ0) is 32.0. The van der Waals surface area contributed by atoms with Gasteiger partial charge in [-0.15, -0.1) is 0 Å². The highest BCUT2D eigenvalue weighted by Crippen LogP contribution is 2.38. The van der Waals surface area contributed by atoms with Crippen LogP contribution in [-0.2, 0) is 31.8 Å². The standard InChI is InChI=1S/C32H45N3O7Si/c1-31(2,3)41-30(39)34-18-22-9-13-24(14-10-22)29(38)33-17-23-11-15-25(16-12-23)40-21-28(37)35-19-26(36)27(20-35)42-43(7,8)32(4,5)6/h9-16,27H,17-21H2,1-8H3,(H,33,38)(H,34,39). The first kappa shape index (κ1) is 33.8. The molecular weight excluding hydrogens is 566 g/mol. The molecule has 2 aromatic rings. The van der Waals surface area contributed by atoms with E-state index in [0.29, 0.717) is 24.4 Å². The molecule has 43 heavy (non-hydrogen) atoms. The molecule has 0 bridgehead atoms. The summed E-state index contributed by atoms with van der Waals surface area (Å²) in [5, 5.41) is 5.54. The number of hydrogen-bond acceptors (Lipinski definition) is 7. The molecular formula is C32H45N3O7Si. The third-order valence-electron chi connectivity index (χ3n) is 7.48. The molecule has 11 heteroatoms. The van der Waals surface area contributed by atoms with Gasteiger partial charge in [0, 0.05) is 18.7 Å². The first-order valence-corrected chi connectivity index (χ1v) is 17.4. The van der Waals surface area contributed by atoms with Crippen LogP contribution in [0.5, 0.6) is 5.75 Å². The van der Waals surface area contributed by atoms with Crippen LogP contribution in [0.15, 0.2) is 48.5 Å². The Morgan fingerprint density at radius 2 is 1.44 bits per heavy atom. The highest BCUT2D eigenvalue weighted by atomic mass is 28.4. The van der Waals surface area contributed by atoms with Crippen molar-refractivity contribution in [3.63, 3.8) is 0 Å². The number of Topliss-reactive ketones (excluding diaryl/α,β-unsaturated/α-hetero) is 1. The van der Waals surface area contributed by atoms with Crippen LogP contribution in [-0.4, -0.2) is 68.3 Å². The van der Waals surface area contributed by atoms with Gasteiger partial charge in [-0.25, -0.2) is 4.79 Å². The average Bonchev–Trinajstić information content (AvgIpc) is 3.27. The van der Waals surface area contributed by atoms with Gasteiger partial charge in [0.15, 0.2) is 20.7 Å². The Morgan fingerprint density at radius 1 is 0.884 bits per heavy atom. The number of amides is 3. The first-order valence-electron chi connectivity index (χ1n) is 14.5. The molecule has 2 aromatic carbocycles. The van der Waals surface area contributed by atoms with Gasteiger partial charge in [-0.05, 0) is 74.3 Å². The minimum Gasteiger partial charge on any atom is -0.484 e. The summed E-state index contributed by atoms with van der Waals surface area (Å²) in [6.45, 7) is 16.6. The van der Waals surface area contributed by atoms with Crippen molar-refractivity contribution in [3.8, 4) is 5.75 Å². The van der Waals surface area contributed by atoms with Crippen molar-refractivity contribution in [2.24, 2.45) is 0 Å². The van der Waals surface area contributed by atoms with Crippen LogP contribution in [0.2, 0.25) is 18.1 Å². The van der Waals surface area contributed by atoms with Gasteiger partial charge in [-0.1, -0.05) is 45.0 Å². The number of ether oxygens (including phenoxy) is 2. The van der Waals surface area contributed by atoms with E-state index in [2.05, 4.69) is 44.5 Å². The highest BCUT2D eigenvalue weighted by Gasteiger charge is 2.44. The number of carbonyl (C=O) groups is 4. The maximum atomic E-state index is 12.7. The zero-order valence-electron chi connectivity index (χ0n) is 26.5. The van der Waals surface area contributed by atoms with E-state index in [1.807, 2.05) is 12.1 Å². The number of hydrogen-bond donors (Lipinski definition) is 2. The summed E-state index contributed by atoms with van der Waals surface area (Å²) >= 11 is 0. The second-order valence-electron chi connectivity index (χ2n) is 13.3. The van der Waals surface area contributed by atoms with E-state index in [1.165, 1.54) is 4.90 Å². The summed E-state index contributed by atoms with van der Waals surface area (Å²) < 4.78 is 17.1. The Morgan fingerprint density at radius 3 is 2.00 bits per heavy atom. The number of likely N-dealkylation sites (tertiary alicyclic amines) is 1. The Hall–Kier alpha value is -3.70. The molecule has 1 aliphatic rings. The van der Waals surface area contributed by atoms with Gasteiger partial charge in [0.25, 0.3) is 11.8 Å². The number of alkyl carbamates (subject to hydrolysis) is 1. The van der Waals surface area contributed by atoms with Crippen LogP contribution in [0, 0.1) is 0 Å². The fraction of sp³-hybridized carbons (Fsp3) is 0.500. The summed E-state index contributed by atoms with van der Waals surface area (Å²) in [5.41, 5.74) is 1.63. The molecule has 1 heterocycles. The maximum absolute atomic E-state index is 12.7. The number of nitrogens with one attached hydrogen (secondary N) is 2. The SMILES string of the molecule is CC(C)(C)OC(=O)NCc1ccc(C(=O)NCc2ccc(OCC(=O)N3CC(=O)C(O[Si](C)(C)C(C)(C)C)C3)cc2)cc1. The van der Waals surface area contributed by atoms with E-state index in [-0.39, 0.29) is 42.3 Å². The zero-order valence-corrected chi connectivity index (χ0v) is 27.5. The average molecular weight is 612 g/mol. The summed E-state index contributed by atoms with van der Waals surface area (Å²) in [7, 11) is -2.13. The van der Waals surface area contributed by atoms with Crippen LogP contribution < -0.4 is 15.4 Å². The lowest BCUT2D eigenvalue weighted by atomic mass is 10.1. The number of carbonyl (C=O) groups excluding carboxylic acids is 4. The molecule has 3 amide bonds. The summed E-state index contributed by atoms with van der Waals surface area (Å²) in [6.07, 6.45) is -1.08. The van der Waals surface area contributed by atoms with E-state index in [4.69, 9.17) is 13.9 Å². The highest BCUT2D eigenvalue weighted by molar-refractivity contribution is 6.74. The number of benzene rings is 2. The van der Waals surface area contributed by atoms with Gasteiger partial charge < -0.3 is 29.4 Å². The Balaban J connectivity index is 1.41. The van der Waals surface area contributed by atoms with Gasteiger partial charge in [-0.2, -0.15) is 0 Å². The molecule has 1 aliphatic heterocycles. The van der Waals surface area contributed by atoms with Gasteiger partial charge in [0.05, 0.1) is 13.1 Å². The van der Waals surface area contributed by atoms with Crippen molar-refractivity contribution in [2.45, 2.75) is 84.5 Å². The minimum atomic E-state index is -2.13. The molecule has 0 saturated carbocycles. The quantitative estimate of drug-likeness (QED) is 0.369. The molecule has 10 nitrogen and oxygen atoms in total. The summed E-state index contributed by atoms with van der Waals surface area (Å²) in [5.74, 6) is -0.0550. The molecule has 0 aliphatic carbocycles. The van der Waals surface area contributed by atoms with E-state index in [1.54, 1.807) is 57.2 Å². The van der Waals surface area contributed by atoms with Crippen molar-refractivity contribution in [2.75, 3.05) is 19.7 Å². The molecule has 234 valence electrons. The lowest BCUT2D eigenvalue weighted by molar-refractivity contribution is -0.133. The lowest BCUT2D eigenvalue weighted by Gasteiger charge is -2.37. The Kier molecular flexibility index (Phi) is 10.8. The number of rotatable bonds is 10. The van der Waals surface area contributed by atoms with E-state index in [9.17, 15) is 19.2 Å². The predicted molar refractivity (Wildman–Crippen MR) is 166 cm³/mol. The van der Waals surface area contributed by atoms with Crippen LogP contribution >= 0.6 is 0 Å². The third kappa shape index (κ3) is 10.2. The van der Waals surface area contributed by atoms with Crippen molar-refractivity contribution in [1.29, 1.82) is 0 Å². The Labute approximate surface area is 255 Å². The van der Waals surface area contributed by atoms with Crippen molar-refractivity contribution >= 4 is 32.0 Å². The van der Waals surface area contributed by atoms with Crippen LogP contribution in [0.25, 0.3) is 0 Å². The normalized spacial score (nSPS) is 15.7. The minimum absolute atomic E-state index is 0.0299. The molecule has 0 spiro atoms. The van der Waals surface area contributed by atoms with Gasteiger partial charge in [0.2, 0.25) is 0 Å². The fourth-order valence-corrected chi connectivity index (χ4v) is 5.24. The van der Waals surface area contributed by atoms with E-state index in [0.717, 1.165) is 11.1 Å². The van der Waals surface area contributed by atoms with Gasteiger partial charge in [0.1, 0.15) is 17.5 Å². The fourth-order valence-electron chi connectivity index (χ4n) is 3.97. The van der Waals surface area contributed by atoms with Crippen LogP contribution in [0.3, 0.4) is 0 Å². The molecule has 0 aromatic heterocycles. The monoisotopic (exact) mass is 611 g/mol. The van der Waals surface area contributed by atoms with Gasteiger partial charge in [-0.3, -0.25) is 14.4 Å². The second kappa shape index (κ2) is 13.7. The maximum Gasteiger partial charge on any atom is 0.407 e. The van der Waals surface area contributed by atoms with Gasteiger partial charge >= 0.3 is 6.09 Å². The second-order valence-corrected chi connectivity index (χ2v) is 18.0. The topological polar surface area (TPSA) is 123 Å². The molecule has 1 unspecified atom stereocenters. The van der Waals surface area contributed by atoms with E-state index >= 15 is 0 Å². The summed E-state index contributed by atoms with van der Waals surface area (Å²) in [6, 6.07) is 14.1. The molecule has 0 radical (unpaired) electrons. The summed E-state index contributed by atoms with van der Waals surface area (Å²) in [4.78, 5) is 51.2. The third-order valence-corrected chi connectivity index (χ3v) is 12.0. The van der Waals surface area contributed by atoms with Crippen LogP contribution in [0.1, 0.15) is 63.0 Å². The molecule has 3 rings (SSSR count). The number of ketones is 1. The van der Waals surface area contributed by atoms with Crippen molar-refractivity contribution in [3.05, 3.63) is 65.2 Å². The largest absolute Gasteiger partial charge is 0.484 e. The van der Waals surface area contributed by atoms with E-state index < -0.39 is 26.1 Å². The molecule has 1 fully saturated rings. The molecule has 1 atom stereocenters. The van der Waals surface area contributed by atoms with Crippen LogP contribution in [0.4, 0.5) is 4.79 Å². The smallest absolute Gasteiger partial charge is 0.407 e. The van der Waals surface area contributed by atoms with Crippen molar-refractivity contribution < 1.29 is 33.1 Å². The van der Waals surface area contributed by atoms with Crippen molar-refractivity contribution in [1.82, 2.24) is 15.5 Å². The molecule has 2 N–H and O–H groups in total. The predicted octanol–water partition coefficient (Wildman–Crippen LogP) is 4.82.